The molecule has 0 aliphatic rings. The van der Waals surface area contributed by atoms with E-state index in [0.717, 1.165) is 25.7 Å². The minimum atomic E-state index is -0.732. The maximum absolute atomic E-state index is 11.8. The van der Waals surface area contributed by atoms with Gasteiger partial charge in [-0.3, -0.25) is 5.32 Å². The van der Waals surface area contributed by atoms with Gasteiger partial charge >= 0.3 is 6.09 Å². The lowest BCUT2D eigenvalue weighted by molar-refractivity contribution is -0.0495. The van der Waals surface area contributed by atoms with Crippen LogP contribution < -0.4 is 5.32 Å². The molecule has 0 radical (unpaired) electrons. The van der Waals surface area contributed by atoms with Crippen LogP contribution in [0, 0.1) is 0 Å². The SMILES string of the molecule is CC[C@H](CCCCOC(C)(C)NC(=O)OC(C)(C)C)c1cccn1C. The molecule has 144 valence electrons. The molecule has 1 atom stereocenters. The molecule has 0 saturated carbocycles. The van der Waals surface area contributed by atoms with E-state index < -0.39 is 17.4 Å². The van der Waals surface area contributed by atoms with Gasteiger partial charge in [-0.15, -0.1) is 0 Å². The van der Waals surface area contributed by atoms with Gasteiger partial charge in [0, 0.05) is 25.5 Å². The van der Waals surface area contributed by atoms with Crippen LogP contribution in [0.25, 0.3) is 0 Å². The normalized spacial score (nSPS) is 13.6. The fourth-order valence-corrected chi connectivity index (χ4v) is 2.87. The van der Waals surface area contributed by atoms with Crippen molar-refractivity contribution in [1.29, 1.82) is 0 Å². The Labute approximate surface area is 153 Å². The predicted molar refractivity (Wildman–Crippen MR) is 102 cm³/mol. The standard InChI is InChI=1S/C20H36N2O3/c1-8-16(17-13-11-14-22(17)7)12-9-10-15-24-20(5,6)21-18(23)25-19(2,3)4/h11,13-14,16H,8-10,12,15H2,1-7H3,(H,21,23)/t16-/m1/s1. The summed E-state index contributed by atoms with van der Waals surface area (Å²) in [6, 6.07) is 4.31. The third-order valence-corrected chi connectivity index (χ3v) is 4.11. The first kappa shape index (κ1) is 21.6. The number of nitrogens with one attached hydrogen (secondary N) is 1. The molecular formula is C20H36N2O3. The van der Waals surface area contributed by atoms with Gasteiger partial charge in [0.15, 0.2) is 0 Å². The molecule has 0 saturated heterocycles. The van der Waals surface area contributed by atoms with E-state index in [9.17, 15) is 4.79 Å². The van der Waals surface area contributed by atoms with Crippen LogP contribution in [0.5, 0.6) is 0 Å². The molecule has 1 amide bonds. The second-order valence-corrected chi connectivity index (χ2v) is 8.13. The molecule has 1 N–H and O–H groups in total. The molecule has 0 spiro atoms. The highest BCUT2D eigenvalue weighted by atomic mass is 16.6. The van der Waals surface area contributed by atoms with E-state index in [1.807, 2.05) is 34.6 Å². The lowest BCUT2D eigenvalue weighted by Crippen LogP contribution is -2.47. The zero-order valence-corrected chi connectivity index (χ0v) is 17.0. The molecule has 25 heavy (non-hydrogen) atoms. The molecule has 1 heterocycles. The van der Waals surface area contributed by atoms with Crippen molar-refractivity contribution >= 4 is 6.09 Å². The van der Waals surface area contributed by atoms with Gasteiger partial charge in [0.25, 0.3) is 0 Å². The van der Waals surface area contributed by atoms with Crippen molar-refractivity contribution in [2.75, 3.05) is 6.61 Å². The van der Waals surface area contributed by atoms with E-state index in [2.05, 4.69) is 42.2 Å². The van der Waals surface area contributed by atoms with Crippen molar-refractivity contribution in [2.24, 2.45) is 7.05 Å². The van der Waals surface area contributed by atoms with E-state index >= 15 is 0 Å². The molecular weight excluding hydrogens is 316 g/mol. The van der Waals surface area contributed by atoms with Crippen LogP contribution in [-0.2, 0) is 16.5 Å². The Hall–Kier alpha value is -1.49. The molecule has 1 rings (SSSR count). The average Bonchev–Trinajstić information content (AvgIpc) is 2.86. The first-order chi connectivity index (χ1) is 11.5. The largest absolute Gasteiger partial charge is 0.444 e. The Kier molecular flexibility index (Phi) is 8.00. The maximum Gasteiger partial charge on any atom is 0.409 e. The topological polar surface area (TPSA) is 52.5 Å². The molecule has 1 aromatic rings. The number of aryl methyl sites for hydroxylation is 1. The van der Waals surface area contributed by atoms with Crippen molar-refractivity contribution in [3.8, 4) is 0 Å². The van der Waals surface area contributed by atoms with Gasteiger partial charge in [-0.1, -0.05) is 13.3 Å². The highest BCUT2D eigenvalue weighted by Crippen LogP contribution is 2.25. The quantitative estimate of drug-likeness (QED) is 0.504. The van der Waals surface area contributed by atoms with Crippen molar-refractivity contribution in [1.82, 2.24) is 9.88 Å². The summed E-state index contributed by atoms with van der Waals surface area (Å²) in [6.45, 7) is 12.1. The Morgan fingerprint density at radius 1 is 1.24 bits per heavy atom. The zero-order valence-electron chi connectivity index (χ0n) is 17.0. The molecule has 0 fully saturated rings. The summed E-state index contributed by atoms with van der Waals surface area (Å²) in [6.07, 6.45) is 6.02. The predicted octanol–water partition coefficient (Wildman–Crippen LogP) is 4.97. The third-order valence-electron chi connectivity index (χ3n) is 4.11. The summed E-state index contributed by atoms with van der Waals surface area (Å²) in [5, 5.41) is 2.77. The van der Waals surface area contributed by atoms with E-state index in [4.69, 9.17) is 9.47 Å². The molecule has 0 unspecified atom stereocenters. The molecule has 5 nitrogen and oxygen atoms in total. The molecule has 0 aliphatic carbocycles. The summed E-state index contributed by atoms with van der Waals surface area (Å²) < 4.78 is 13.3. The van der Waals surface area contributed by atoms with Crippen molar-refractivity contribution in [2.45, 2.75) is 84.5 Å². The van der Waals surface area contributed by atoms with Crippen molar-refractivity contribution in [3.63, 3.8) is 0 Å². The molecule has 0 aromatic carbocycles. The lowest BCUT2D eigenvalue weighted by Gasteiger charge is -2.29. The van der Waals surface area contributed by atoms with Gasteiger partial charge in [-0.05, 0) is 71.9 Å². The van der Waals surface area contributed by atoms with E-state index in [-0.39, 0.29) is 0 Å². The third kappa shape index (κ3) is 8.43. The highest BCUT2D eigenvalue weighted by Gasteiger charge is 2.24. The monoisotopic (exact) mass is 352 g/mol. The molecule has 5 heteroatoms. The van der Waals surface area contributed by atoms with Crippen LogP contribution in [0.4, 0.5) is 4.79 Å². The number of ether oxygens (including phenoxy) is 2. The minimum Gasteiger partial charge on any atom is -0.444 e. The van der Waals surface area contributed by atoms with Crippen molar-refractivity contribution < 1.29 is 14.3 Å². The zero-order chi connectivity index (χ0) is 19.1. The lowest BCUT2D eigenvalue weighted by atomic mass is 9.96. The summed E-state index contributed by atoms with van der Waals surface area (Å²) in [7, 11) is 2.10. The smallest absolute Gasteiger partial charge is 0.409 e. The fourth-order valence-electron chi connectivity index (χ4n) is 2.87. The number of unbranched alkanes of at least 4 members (excludes halogenated alkanes) is 1. The summed E-state index contributed by atoms with van der Waals surface area (Å²) in [5.41, 5.74) is 0.159. The number of nitrogens with zero attached hydrogens (tertiary/aromatic N) is 1. The second kappa shape index (κ2) is 9.27. The van der Waals surface area contributed by atoms with Gasteiger partial charge in [0.2, 0.25) is 0 Å². The number of rotatable bonds is 9. The van der Waals surface area contributed by atoms with E-state index in [1.54, 1.807) is 0 Å². The number of carbonyl (C=O) groups is 1. The highest BCUT2D eigenvalue weighted by molar-refractivity contribution is 5.68. The second-order valence-electron chi connectivity index (χ2n) is 8.13. The average molecular weight is 353 g/mol. The van der Waals surface area contributed by atoms with Crippen LogP contribution in [0.1, 0.15) is 78.8 Å². The first-order valence-electron chi connectivity index (χ1n) is 9.30. The molecule has 1 aromatic heterocycles. The maximum atomic E-state index is 11.8. The number of aromatic nitrogens is 1. The number of hydrogen-bond donors (Lipinski definition) is 1. The number of amides is 1. The number of alkyl carbamates (subject to hydrolysis) is 1. The Morgan fingerprint density at radius 2 is 1.92 bits per heavy atom. The number of carbonyl (C=O) groups excluding carboxylic acids is 1. The van der Waals surface area contributed by atoms with Crippen molar-refractivity contribution in [3.05, 3.63) is 24.0 Å². The Balaban J connectivity index is 2.29. The van der Waals surface area contributed by atoms with Crippen LogP contribution >= 0.6 is 0 Å². The van der Waals surface area contributed by atoms with Gasteiger partial charge in [-0.2, -0.15) is 0 Å². The Morgan fingerprint density at radius 3 is 2.44 bits per heavy atom. The van der Waals surface area contributed by atoms with Crippen LogP contribution in [0.15, 0.2) is 18.3 Å². The number of hydrogen-bond acceptors (Lipinski definition) is 3. The van der Waals surface area contributed by atoms with Gasteiger partial charge in [-0.25, -0.2) is 4.79 Å². The molecule has 0 aliphatic heterocycles. The van der Waals surface area contributed by atoms with Crippen LogP contribution in [0.3, 0.4) is 0 Å². The van der Waals surface area contributed by atoms with Gasteiger partial charge in [0.1, 0.15) is 11.3 Å². The van der Waals surface area contributed by atoms with Crippen LogP contribution in [0.2, 0.25) is 0 Å². The summed E-state index contributed by atoms with van der Waals surface area (Å²) in [4.78, 5) is 11.8. The van der Waals surface area contributed by atoms with Crippen LogP contribution in [-0.4, -0.2) is 28.6 Å². The minimum absolute atomic E-state index is 0.452. The van der Waals surface area contributed by atoms with E-state index in [1.165, 1.54) is 5.69 Å². The summed E-state index contributed by atoms with van der Waals surface area (Å²) in [5.74, 6) is 0.591. The van der Waals surface area contributed by atoms with Gasteiger partial charge < -0.3 is 14.0 Å². The fraction of sp³-hybridized carbons (Fsp3) is 0.750. The Bertz CT molecular complexity index is 529. The molecule has 0 bridgehead atoms. The van der Waals surface area contributed by atoms with Gasteiger partial charge in [0.05, 0.1) is 0 Å². The first-order valence-corrected chi connectivity index (χ1v) is 9.30. The summed E-state index contributed by atoms with van der Waals surface area (Å²) >= 11 is 0. The van der Waals surface area contributed by atoms with E-state index in [0.29, 0.717) is 12.5 Å².